The maximum Gasteiger partial charge on any atom is 0.309 e. The Kier molecular flexibility index (Phi) is 5.35. The lowest BCUT2D eigenvalue weighted by molar-refractivity contribution is -0.151. The van der Waals surface area contributed by atoms with Crippen LogP contribution in [-0.4, -0.2) is 49.3 Å². The molecule has 1 saturated heterocycles. The standard InChI is InChI=1S/C20H24N2O6S/c1-13-9-16-10-15(3-4-18(16)27-13)19-11-17(21-28-19)12-26-20(23)14-5-7-22(8-6-14)29(2,24)25/h3-4,10-11,13-14H,5-9,12H2,1-2H3. The first kappa shape index (κ1) is 19.9. The van der Waals surface area contributed by atoms with E-state index in [9.17, 15) is 13.2 Å². The zero-order valence-electron chi connectivity index (χ0n) is 16.5. The second kappa shape index (κ2) is 7.79. The van der Waals surface area contributed by atoms with E-state index in [1.165, 1.54) is 10.6 Å². The summed E-state index contributed by atoms with van der Waals surface area (Å²) in [5, 5.41) is 3.99. The number of nitrogens with zero attached hydrogens (tertiary/aromatic N) is 2. The average molecular weight is 420 g/mol. The Morgan fingerprint density at radius 3 is 2.76 bits per heavy atom. The number of ether oxygens (including phenoxy) is 2. The van der Waals surface area contributed by atoms with Gasteiger partial charge in [-0.1, -0.05) is 5.16 Å². The third kappa shape index (κ3) is 4.45. The molecule has 0 saturated carbocycles. The molecule has 0 N–H and O–H groups in total. The highest BCUT2D eigenvalue weighted by Crippen LogP contribution is 2.33. The smallest absolute Gasteiger partial charge is 0.309 e. The molecule has 29 heavy (non-hydrogen) atoms. The fourth-order valence-electron chi connectivity index (χ4n) is 3.78. The number of fused-ring (bicyclic) bond motifs is 1. The average Bonchev–Trinajstić information content (AvgIpc) is 3.30. The van der Waals surface area contributed by atoms with Gasteiger partial charge in [0, 0.05) is 31.1 Å². The van der Waals surface area contributed by atoms with Crippen LogP contribution < -0.4 is 4.74 Å². The molecular formula is C20H24N2O6S. The van der Waals surface area contributed by atoms with E-state index >= 15 is 0 Å². The first-order valence-electron chi connectivity index (χ1n) is 9.67. The summed E-state index contributed by atoms with van der Waals surface area (Å²) < 4.78 is 41.0. The molecule has 2 aromatic rings. The summed E-state index contributed by atoms with van der Waals surface area (Å²) in [7, 11) is -3.21. The third-order valence-corrected chi connectivity index (χ3v) is 6.66. The molecule has 0 amide bonds. The normalized spacial score (nSPS) is 20.3. The summed E-state index contributed by atoms with van der Waals surface area (Å²) in [6, 6.07) is 7.65. The van der Waals surface area contributed by atoms with Gasteiger partial charge >= 0.3 is 5.97 Å². The summed E-state index contributed by atoms with van der Waals surface area (Å²) in [5.41, 5.74) is 2.58. The highest BCUT2D eigenvalue weighted by Gasteiger charge is 2.30. The van der Waals surface area contributed by atoms with Gasteiger partial charge in [0.2, 0.25) is 10.0 Å². The highest BCUT2D eigenvalue weighted by molar-refractivity contribution is 7.88. The van der Waals surface area contributed by atoms with Gasteiger partial charge in [-0.15, -0.1) is 0 Å². The maximum atomic E-state index is 12.3. The number of hydrogen-bond acceptors (Lipinski definition) is 7. The minimum Gasteiger partial charge on any atom is -0.490 e. The van der Waals surface area contributed by atoms with Gasteiger partial charge in [-0.3, -0.25) is 4.79 Å². The largest absolute Gasteiger partial charge is 0.490 e. The van der Waals surface area contributed by atoms with Gasteiger partial charge in [-0.2, -0.15) is 0 Å². The van der Waals surface area contributed by atoms with Crippen molar-refractivity contribution in [3.8, 4) is 17.1 Å². The molecule has 3 heterocycles. The molecule has 0 spiro atoms. The van der Waals surface area contributed by atoms with Gasteiger partial charge in [0.25, 0.3) is 0 Å². The van der Waals surface area contributed by atoms with E-state index in [0.717, 1.165) is 23.3 Å². The second-order valence-electron chi connectivity index (χ2n) is 7.68. The zero-order valence-corrected chi connectivity index (χ0v) is 17.3. The molecule has 2 aliphatic heterocycles. The molecule has 0 radical (unpaired) electrons. The van der Waals surface area contributed by atoms with Gasteiger partial charge < -0.3 is 14.0 Å². The Hall–Kier alpha value is -2.39. The van der Waals surface area contributed by atoms with E-state index in [1.54, 1.807) is 6.07 Å². The molecule has 0 aliphatic carbocycles. The van der Waals surface area contributed by atoms with E-state index in [2.05, 4.69) is 5.16 Å². The van der Waals surface area contributed by atoms with Crippen molar-refractivity contribution < 1.29 is 27.2 Å². The lowest BCUT2D eigenvalue weighted by Crippen LogP contribution is -2.40. The number of carbonyl (C=O) groups is 1. The Bertz CT molecular complexity index is 1010. The van der Waals surface area contributed by atoms with Crippen LogP contribution in [0.1, 0.15) is 31.0 Å². The number of carbonyl (C=O) groups excluding carboxylic acids is 1. The minimum atomic E-state index is -3.21. The second-order valence-corrected chi connectivity index (χ2v) is 9.66. The SMILES string of the molecule is CC1Cc2cc(-c3cc(COC(=O)C4CCN(S(C)(=O)=O)CC4)no3)ccc2O1. The van der Waals surface area contributed by atoms with Crippen LogP contribution in [0.5, 0.6) is 5.75 Å². The summed E-state index contributed by atoms with van der Waals surface area (Å²) in [4.78, 5) is 12.3. The van der Waals surface area contributed by atoms with E-state index in [4.69, 9.17) is 14.0 Å². The number of sulfonamides is 1. The predicted octanol–water partition coefficient (Wildman–Crippen LogP) is 2.38. The van der Waals surface area contributed by atoms with Gasteiger partial charge in [0.1, 0.15) is 24.2 Å². The highest BCUT2D eigenvalue weighted by atomic mass is 32.2. The van der Waals surface area contributed by atoms with Crippen LogP contribution in [0.2, 0.25) is 0 Å². The van der Waals surface area contributed by atoms with Crippen LogP contribution in [0.3, 0.4) is 0 Å². The van der Waals surface area contributed by atoms with Gasteiger partial charge in [0.05, 0.1) is 12.2 Å². The predicted molar refractivity (Wildman–Crippen MR) is 105 cm³/mol. The fraction of sp³-hybridized carbons (Fsp3) is 0.500. The summed E-state index contributed by atoms with van der Waals surface area (Å²) in [5.74, 6) is 0.890. The topological polar surface area (TPSA) is 98.9 Å². The molecule has 1 aromatic carbocycles. The summed E-state index contributed by atoms with van der Waals surface area (Å²) >= 11 is 0. The van der Waals surface area contributed by atoms with E-state index in [1.807, 2.05) is 25.1 Å². The van der Waals surface area contributed by atoms with Crippen LogP contribution in [0.4, 0.5) is 0 Å². The van der Waals surface area contributed by atoms with Crippen LogP contribution in [0.15, 0.2) is 28.8 Å². The first-order valence-corrected chi connectivity index (χ1v) is 11.5. The molecule has 9 heteroatoms. The van der Waals surface area contributed by atoms with Crippen LogP contribution >= 0.6 is 0 Å². The zero-order chi connectivity index (χ0) is 20.6. The Labute approximate surface area is 169 Å². The molecule has 156 valence electrons. The van der Waals surface area contributed by atoms with Crippen molar-refractivity contribution in [1.82, 2.24) is 9.46 Å². The third-order valence-electron chi connectivity index (χ3n) is 5.36. The van der Waals surface area contributed by atoms with Crippen molar-refractivity contribution in [2.45, 2.75) is 38.9 Å². The van der Waals surface area contributed by atoms with Gasteiger partial charge in [0.15, 0.2) is 5.76 Å². The maximum absolute atomic E-state index is 12.3. The van der Waals surface area contributed by atoms with Crippen molar-refractivity contribution in [3.05, 3.63) is 35.5 Å². The van der Waals surface area contributed by atoms with Crippen LogP contribution in [0.25, 0.3) is 11.3 Å². The molecule has 1 fully saturated rings. The Balaban J connectivity index is 1.32. The molecule has 0 bridgehead atoms. The van der Waals surface area contributed by atoms with E-state index < -0.39 is 10.0 Å². The molecule has 8 nitrogen and oxygen atoms in total. The van der Waals surface area contributed by atoms with Crippen molar-refractivity contribution in [3.63, 3.8) is 0 Å². The number of piperidine rings is 1. The summed E-state index contributed by atoms with van der Waals surface area (Å²) in [6.07, 6.45) is 3.15. The van der Waals surface area contributed by atoms with Crippen LogP contribution in [0, 0.1) is 5.92 Å². The summed E-state index contributed by atoms with van der Waals surface area (Å²) in [6.45, 7) is 2.74. The molecule has 1 unspecified atom stereocenters. The van der Waals surface area contributed by atoms with Gasteiger partial charge in [-0.05, 0) is 43.5 Å². The number of hydrogen-bond donors (Lipinski definition) is 0. The molecule has 4 rings (SSSR count). The molecule has 1 aromatic heterocycles. The quantitative estimate of drug-likeness (QED) is 0.685. The van der Waals surface area contributed by atoms with E-state index in [0.29, 0.717) is 37.4 Å². The molecule has 2 aliphatic rings. The van der Waals surface area contributed by atoms with Crippen molar-refractivity contribution >= 4 is 16.0 Å². The number of esters is 1. The number of benzene rings is 1. The number of rotatable bonds is 5. The van der Waals surface area contributed by atoms with Gasteiger partial charge in [-0.25, -0.2) is 12.7 Å². The Morgan fingerprint density at radius 2 is 2.03 bits per heavy atom. The van der Waals surface area contributed by atoms with Crippen LogP contribution in [-0.2, 0) is 32.6 Å². The van der Waals surface area contributed by atoms with Crippen molar-refractivity contribution in [1.29, 1.82) is 0 Å². The molecular weight excluding hydrogens is 396 g/mol. The lowest BCUT2D eigenvalue weighted by Gasteiger charge is -2.28. The van der Waals surface area contributed by atoms with Crippen molar-refractivity contribution in [2.75, 3.05) is 19.3 Å². The minimum absolute atomic E-state index is 0.0275. The van der Waals surface area contributed by atoms with Crippen molar-refractivity contribution in [2.24, 2.45) is 5.92 Å². The Morgan fingerprint density at radius 1 is 1.28 bits per heavy atom. The van der Waals surface area contributed by atoms with E-state index in [-0.39, 0.29) is 24.6 Å². The lowest BCUT2D eigenvalue weighted by atomic mass is 9.98. The first-order chi connectivity index (χ1) is 13.8. The monoisotopic (exact) mass is 420 g/mol. The number of aromatic nitrogens is 1. The molecule has 1 atom stereocenters. The fourth-order valence-corrected chi connectivity index (χ4v) is 4.65.